The SMILES string of the molecule is c1ccc(-c2cc(-c3ccc(-c4nc5cc(-c6cc7ccccc7c7ccccc67)ccc5c5c4ccc4oc(-c6ccccc6)nc45)cc3)nc(-c3ccccc3)n2)cc1. The van der Waals surface area contributed by atoms with E-state index in [0.717, 1.165) is 83.2 Å². The molecule has 9 aromatic carbocycles. The summed E-state index contributed by atoms with van der Waals surface area (Å²) in [5.41, 5.74) is 12.2. The van der Waals surface area contributed by atoms with Crippen LogP contribution < -0.4 is 0 Å². The molecule has 0 aliphatic rings. The number of fused-ring (bicyclic) bond motifs is 8. The first kappa shape index (κ1) is 34.7. The summed E-state index contributed by atoms with van der Waals surface area (Å²) in [4.78, 5) is 20.8. The molecule has 3 heterocycles. The maximum absolute atomic E-state index is 6.44. The number of oxazole rings is 1. The van der Waals surface area contributed by atoms with E-state index in [1.165, 1.54) is 27.1 Å². The fraction of sp³-hybridized carbons (Fsp3) is 0. The summed E-state index contributed by atoms with van der Waals surface area (Å²) in [5, 5.41) is 7.93. The van der Waals surface area contributed by atoms with Gasteiger partial charge in [0.1, 0.15) is 5.52 Å². The Balaban J connectivity index is 1.05. The van der Waals surface area contributed by atoms with Gasteiger partial charge in [-0.3, -0.25) is 0 Å². The van der Waals surface area contributed by atoms with Crippen LogP contribution in [0.25, 0.3) is 122 Å². The van der Waals surface area contributed by atoms with E-state index in [4.69, 9.17) is 24.4 Å². The van der Waals surface area contributed by atoms with Crippen molar-refractivity contribution in [2.75, 3.05) is 0 Å². The molecule has 0 amide bonds. The second kappa shape index (κ2) is 14.2. The molecule has 0 N–H and O–H groups in total. The molecule has 5 heteroatoms. The van der Waals surface area contributed by atoms with Crippen LogP contribution >= 0.6 is 0 Å². The minimum absolute atomic E-state index is 0.591. The van der Waals surface area contributed by atoms with Gasteiger partial charge in [-0.05, 0) is 75.1 Å². The first-order chi connectivity index (χ1) is 30.2. The minimum atomic E-state index is 0.591. The first-order valence-electron chi connectivity index (χ1n) is 20.5. The summed E-state index contributed by atoms with van der Waals surface area (Å²) in [6, 6.07) is 71.6. The second-order valence-electron chi connectivity index (χ2n) is 15.4. The van der Waals surface area contributed by atoms with Crippen LogP contribution in [0.15, 0.2) is 211 Å². The fourth-order valence-corrected chi connectivity index (χ4v) is 8.73. The van der Waals surface area contributed by atoms with E-state index in [2.05, 4.69) is 133 Å². The van der Waals surface area contributed by atoms with E-state index < -0.39 is 0 Å². The van der Waals surface area contributed by atoms with E-state index in [1.807, 2.05) is 72.8 Å². The largest absolute Gasteiger partial charge is 0.436 e. The predicted octanol–water partition coefficient (Wildman–Crippen LogP) is 14.6. The molecule has 12 aromatic rings. The summed E-state index contributed by atoms with van der Waals surface area (Å²) in [5.74, 6) is 1.28. The number of hydrogen-bond donors (Lipinski definition) is 0. The zero-order valence-electron chi connectivity index (χ0n) is 32.8. The van der Waals surface area contributed by atoms with Gasteiger partial charge in [-0.2, -0.15) is 0 Å². The number of hydrogen-bond acceptors (Lipinski definition) is 5. The molecule has 12 rings (SSSR count). The van der Waals surface area contributed by atoms with Crippen molar-refractivity contribution >= 4 is 54.3 Å². The van der Waals surface area contributed by atoms with E-state index >= 15 is 0 Å². The number of rotatable bonds is 6. The van der Waals surface area contributed by atoms with Crippen LogP contribution in [-0.2, 0) is 0 Å². The number of benzene rings is 9. The van der Waals surface area contributed by atoms with Gasteiger partial charge in [0.15, 0.2) is 11.4 Å². The van der Waals surface area contributed by atoms with Gasteiger partial charge in [-0.25, -0.2) is 19.9 Å². The highest BCUT2D eigenvalue weighted by atomic mass is 16.3. The molecule has 0 spiro atoms. The summed E-state index contributed by atoms with van der Waals surface area (Å²) < 4.78 is 6.44. The van der Waals surface area contributed by atoms with E-state index in [9.17, 15) is 0 Å². The van der Waals surface area contributed by atoms with Gasteiger partial charge in [0.2, 0.25) is 5.89 Å². The molecule has 0 saturated heterocycles. The number of aromatic nitrogens is 4. The Bertz CT molecular complexity index is 3560. The van der Waals surface area contributed by atoms with Crippen molar-refractivity contribution in [1.82, 2.24) is 19.9 Å². The Hall–Kier alpha value is -8.28. The molecule has 284 valence electrons. The summed E-state index contributed by atoms with van der Waals surface area (Å²) >= 11 is 0. The molecule has 3 aromatic heterocycles. The molecular formula is C56H34N4O. The first-order valence-corrected chi connectivity index (χ1v) is 20.5. The van der Waals surface area contributed by atoms with Crippen molar-refractivity contribution in [3.05, 3.63) is 206 Å². The van der Waals surface area contributed by atoms with Gasteiger partial charge in [0.25, 0.3) is 0 Å². The molecular weight excluding hydrogens is 745 g/mol. The summed E-state index contributed by atoms with van der Waals surface area (Å²) in [6.45, 7) is 0. The van der Waals surface area contributed by atoms with E-state index in [-0.39, 0.29) is 0 Å². The third kappa shape index (κ3) is 6.02. The van der Waals surface area contributed by atoms with Crippen LogP contribution in [0, 0.1) is 0 Å². The van der Waals surface area contributed by atoms with Crippen LogP contribution in [0.3, 0.4) is 0 Å². The highest BCUT2D eigenvalue weighted by molar-refractivity contribution is 6.22. The summed E-state index contributed by atoms with van der Waals surface area (Å²) in [7, 11) is 0. The molecule has 0 bridgehead atoms. The number of nitrogens with zero attached hydrogens (tertiary/aromatic N) is 4. The van der Waals surface area contributed by atoms with Crippen molar-refractivity contribution in [3.63, 3.8) is 0 Å². The Kier molecular flexibility index (Phi) is 8.10. The van der Waals surface area contributed by atoms with Crippen LogP contribution in [-0.4, -0.2) is 19.9 Å². The van der Waals surface area contributed by atoms with Crippen molar-refractivity contribution < 1.29 is 4.42 Å². The zero-order valence-corrected chi connectivity index (χ0v) is 32.8. The Morgan fingerprint density at radius 2 is 0.918 bits per heavy atom. The van der Waals surface area contributed by atoms with Gasteiger partial charge in [-0.1, -0.05) is 164 Å². The lowest BCUT2D eigenvalue weighted by molar-refractivity contribution is 0.620. The van der Waals surface area contributed by atoms with Crippen LogP contribution in [0.5, 0.6) is 0 Å². The highest BCUT2D eigenvalue weighted by Crippen LogP contribution is 2.41. The molecule has 0 aliphatic carbocycles. The van der Waals surface area contributed by atoms with Crippen molar-refractivity contribution in [2.45, 2.75) is 0 Å². The lowest BCUT2D eigenvalue weighted by Gasteiger charge is -2.14. The predicted molar refractivity (Wildman–Crippen MR) is 250 cm³/mol. The quantitative estimate of drug-likeness (QED) is 0.157. The third-order valence-electron chi connectivity index (χ3n) is 11.7. The maximum Gasteiger partial charge on any atom is 0.227 e. The van der Waals surface area contributed by atoms with Crippen LogP contribution in [0.1, 0.15) is 0 Å². The van der Waals surface area contributed by atoms with Crippen LogP contribution in [0.2, 0.25) is 0 Å². The average molecular weight is 779 g/mol. The molecule has 0 aliphatic heterocycles. The maximum atomic E-state index is 6.44. The van der Waals surface area contributed by atoms with E-state index in [0.29, 0.717) is 11.7 Å². The zero-order chi connectivity index (χ0) is 40.3. The molecule has 61 heavy (non-hydrogen) atoms. The molecule has 0 radical (unpaired) electrons. The molecule has 0 unspecified atom stereocenters. The van der Waals surface area contributed by atoms with Gasteiger partial charge in [0.05, 0.1) is 22.6 Å². The normalized spacial score (nSPS) is 11.6. The van der Waals surface area contributed by atoms with Crippen LogP contribution in [0.4, 0.5) is 0 Å². The Labute approximate surface area is 351 Å². The molecule has 0 fully saturated rings. The van der Waals surface area contributed by atoms with Crippen molar-refractivity contribution in [2.24, 2.45) is 0 Å². The van der Waals surface area contributed by atoms with Crippen molar-refractivity contribution in [1.29, 1.82) is 0 Å². The standard InChI is InChI=1S/C56H34N4O/c1-4-14-35(15-5-1)48-34-49(59-55(58-48)38-16-6-2-7-17-38)36-24-26-37(27-25-36)53-46-30-31-51-54(60-56(61-51)39-18-8-3-9-19-39)52(46)45-29-28-41(33-50(45)57-53)47-32-40-20-10-11-21-42(40)43-22-12-13-23-44(43)47/h1-34H. The van der Waals surface area contributed by atoms with Gasteiger partial charge < -0.3 is 4.42 Å². The Morgan fingerprint density at radius 1 is 0.344 bits per heavy atom. The summed E-state index contributed by atoms with van der Waals surface area (Å²) in [6.07, 6.45) is 0. The van der Waals surface area contributed by atoms with Gasteiger partial charge >= 0.3 is 0 Å². The second-order valence-corrected chi connectivity index (χ2v) is 15.4. The third-order valence-corrected chi connectivity index (χ3v) is 11.7. The molecule has 0 saturated carbocycles. The molecule has 5 nitrogen and oxygen atoms in total. The van der Waals surface area contributed by atoms with Gasteiger partial charge in [0, 0.05) is 44.0 Å². The number of pyridine rings is 1. The topological polar surface area (TPSA) is 64.7 Å². The lowest BCUT2D eigenvalue weighted by Crippen LogP contribution is -1.96. The monoisotopic (exact) mass is 778 g/mol. The Morgan fingerprint density at radius 3 is 1.66 bits per heavy atom. The highest BCUT2D eigenvalue weighted by Gasteiger charge is 2.19. The molecule has 0 atom stereocenters. The van der Waals surface area contributed by atoms with E-state index in [1.54, 1.807) is 0 Å². The lowest BCUT2D eigenvalue weighted by atomic mass is 9.92. The fourth-order valence-electron chi connectivity index (χ4n) is 8.73. The smallest absolute Gasteiger partial charge is 0.227 e. The minimum Gasteiger partial charge on any atom is -0.436 e. The average Bonchev–Trinajstić information content (AvgIpc) is 3.79. The van der Waals surface area contributed by atoms with Crippen molar-refractivity contribution in [3.8, 4) is 67.7 Å². The van der Waals surface area contributed by atoms with Gasteiger partial charge in [-0.15, -0.1) is 0 Å².